The summed E-state index contributed by atoms with van der Waals surface area (Å²) in [5.41, 5.74) is 6.31. The number of hydrogen-bond donors (Lipinski definition) is 1. The maximum absolute atomic E-state index is 13.6. The Hall–Kier alpha value is -1.49. The van der Waals surface area contributed by atoms with E-state index in [0.717, 1.165) is 18.9 Å². The molecule has 1 atom stereocenters. The lowest BCUT2D eigenvalue weighted by atomic mass is 9.85. The maximum atomic E-state index is 13.6. The van der Waals surface area contributed by atoms with Crippen molar-refractivity contribution in [3.8, 4) is 0 Å². The van der Waals surface area contributed by atoms with Crippen molar-refractivity contribution in [1.82, 2.24) is 4.90 Å². The molecule has 1 amide bonds. The zero-order valence-corrected chi connectivity index (χ0v) is 13.0. The van der Waals surface area contributed by atoms with Crippen LogP contribution in [0.1, 0.15) is 44.1 Å². The first-order chi connectivity index (χ1) is 10.5. The van der Waals surface area contributed by atoms with Crippen molar-refractivity contribution >= 4 is 5.91 Å². The summed E-state index contributed by atoms with van der Waals surface area (Å²) in [6, 6.07) is 2.84. The van der Waals surface area contributed by atoms with Crippen molar-refractivity contribution in [2.45, 2.75) is 51.1 Å². The summed E-state index contributed by atoms with van der Waals surface area (Å²) in [5, 5.41) is 0. The van der Waals surface area contributed by atoms with E-state index in [4.69, 9.17) is 5.73 Å². The number of nitrogens with zero attached hydrogens (tertiary/aromatic N) is 1. The lowest BCUT2D eigenvalue weighted by Gasteiger charge is -2.27. The fraction of sp³-hybridized carbons (Fsp3) is 0.588. The number of halogens is 2. The Kier molecular flexibility index (Phi) is 5.89. The normalized spacial score (nSPS) is 17.3. The third-order valence-electron chi connectivity index (χ3n) is 4.43. The first-order valence-electron chi connectivity index (χ1n) is 7.92. The monoisotopic (exact) mass is 310 g/mol. The lowest BCUT2D eigenvalue weighted by molar-refractivity contribution is -0.132. The van der Waals surface area contributed by atoms with E-state index < -0.39 is 17.7 Å². The molecule has 1 aromatic rings. The summed E-state index contributed by atoms with van der Waals surface area (Å²) < 4.78 is 26.5. The average molecular weight is 310 g/mol. The number of likely N-dealkylation sites (N-methyl/N-ethyl adjacent to an activating group) is 1. The zero-order chi connectivity index (χ0) is 16.1. The first kappa shape index (κ1) is 16.9. The standard InChI is InChI=1S/C17H24F2N2O/c1-21(11-13-7-8-14(18)10-15(13)19)17(22)16(20)9-12-5-3-2-4-6-12/h7-8,10,12,16H,2-6,9,11,20H2,1H3. The minimum absolute atomic E-state index is 0.101. The third kappa shape index (κ3) is 4.50. The van der Waals surface area contributed by atoms with E-state index in [2.05, 4.69) is 0 Å². The Bertz CT molecular complexity index is 515. The van der Waals surface area contributed by atoms with Crippen molar-refractivity contribution in [3.63, 3.8) is 0 Å². The highest BCUT2D eigenvalue weighted by Crippen LogP contribution is 2.27. The maximum Gasteiger partial charge on any atom is 0.239 e. The molecule has 1 aliphatic carbocycles. The number of hydrogen-bond acceptors (Lipinski definition) is 2. The zero-order valence-electron chi connectivity index (χ0n) is 13.0. The van der Waals surface area contributed by atoms with Crippen LogP contribution in [0.15, 0.2) is 18.2 Å². The largest absolute Gasteiger partial charge is 0.340 e. The second-order valence-corrected chi connectivity index (χ2v) is 6.28. The van der Waals surface area contributed by atoms with Crippen LogP contribution in [0.3, 0.4) is 0 Å². The molecule has 3 nitrogen and oxygen atoms in total. The van der Waals surface area contributed by atoms with E-state index in [-0.39, 0.29) is 12.5 Å². The van der Waals surface area contributed by atoms with Crippen molar-refractivity contribution < 1.29 is 13.6 Å². The molecule has 1 aromatic carbocycles. The van der Waals surface area contributed by atoms with Gasteiger partial charge >= 0.3 is 0 Å². The van der Waals surface area contributed by atoms with Crippen LogP contribution in [-0.2, 0) is 11.3 Å². The number of carbonyl (C=O) groups excluding carboxylic acids is 1. The molecule has 22 heavy (non-hydrogen) atoms. The highest BCUT2D eigenvalue weighted by molar-refractivity contribution is 5.81. The quantitative estimate of drug-likeness (QED) is 0.907. The Morgan fingerprint density at radius 3 is 2.64 bits per heavy atom. The number of nitrogens with two attached hydrogens (primary N) is 1. The molecule has 0 radical (unpaired) electrons. The topological polar surface area (TPSA) is 46.3 Å². The smallest absolute Gasteiger partial charge is 0.239 e. The SMILES string of the molecule is CN(Cc1ccc(F)cc1F)C(=O)C(N)CC1CCCCC1. The molecule has 122 valence electrons. The van der Waals surface area contributed by atoms with E-state index >= 15 is 0 Å². The minimum atomic E-state index is -0.638. The highest BCUT2D eigenvalue weighted by Gasteiger charge is 2.24. The molecule has 0 aliphatic heterocycles. The van der Waals surface area contributed by atoms with Crippen LogP contribution in [0, 0.1) is 17.6 Å². The molecule has 5 heteroatoms. The van der Waals surface area contributed by atoms with Crippen LogP contribution in [0.2, 0.25) is 0 Å². The van der Waals surface area contributed by atoms with E-state index in [1.165, 1.54) is 36.3 Å². The van der Waals surface area contributed by atoms with Gasteiger partial charge in [0.2, 0.25) is 5.91 Å². The van der Waals surface area contributed by atoms with Crippen molar-refractivity contribution in [2.24, 2.45) is 11.7 Å². The minimum Gasteiger partial charge on any atom is -0.340 e. The summed E-state index contributed by atoms with van der Waals surface area (Å²) in [4.78, 5) is 13.7. The summed E-state index contributed by atoms with van der Waals surface area (Å²) in [6.07, 6.45) is 6.65. The predicted octanol–water partition coefficient (Wildman–Crippen LogP) is 3.22. The average Bonchev–Trinajstić information content (AvgIpc) is 2.50. The molecule has 2 N–H and O–H groups in total. The van der Waals surface area contributed by atoms with Crippen LogP contribution in [0.25, 0.3) is 0 Å². The Morgan fingerprint density at radius 1 is 1.32 bits per heavy atom. The Morgan fingerprint density at radius 2 is 2.00 bits per heavy atom. The van der Waals surface area contributed by atoms with Crippen LogP contribution in [0.4, 0.5) is 8.78 Å². The van der Waals surface area contributed by atoms with Crippen LogP contribution in [-0.4, -0.2) is 23.9 Å². The highest BCUT2D eigenvalue weighted by atomic mass is 19.1. The number of amides is 1. The van der Waals surface area contributed by atoms with Gasteiger partial charge in [0.15, 0.2) is 0 Å². The van der Waals surface area contributed by atoms with Crippen molar-refractivity contribution in [3.05, 3.63) is 35.4 Å². The molecule has 0 spiro atoms. The first-order valence-corrected chi connectivity index (χ1v) is 7.92. The molecule has 2 rings (SSSR count). The van der Waals surface area contributed by atoms with Gasteiger partial charge in [0.05, 0.1) is 6.04 Å². The van der Waals surface area contributed by atoms with Gasteiger partial charge in [-0.15, -0.1) is 0 Å². The second kappa shape index (κ2) is 7.68. The Labute approximate surface area is 130 Å². The van der Waals surface area contributed by atoms with Gasteiger partial charge in [-0.3, -0.25) is 4.79 Å². The van der Waals surface area contributed by atoms with Gasteiger partial charge in [-0.25, -0.2) is 8.78 Å². The van der Waals surface area contributed by atoms with E-state index in [0.29, 0.717) is 17.9 Å². The fourth-order valence-electron chi connectivity index (χ4n) is 3.15. The van der Waals surface area contributed by atoms with Gasteiger partial charge in [0.1, 0.15) is 11.6 Å². The van der Waals surface area contributed by atoms with Gasteiger partial charge in [-0.1, -0.05) is 38.2 Å². The second-order valence-electron chi connectivity index (χ2n) is 6.28. The van der Waals surface area contributed by atoms with E-state index in [1.54, 1.807) is 7.05 Å². The van der Waals surface area contributed by atoms with Crippen LogP contribution in [0.5, 0.6) is 0 Å². The summed E-state index contributed by atoms with van der Waals surface area (Å²) in [6.45, 7) is 0.101. The van der Waals surface area contributed by atoms with Gasteiger partial charge in [0.25, 0.3) is 0 Å². The molecule has 1 aliphatic rings. The Balaban J connectivity index is 1.90. The van der Waals surface area contributed by atoms with Crippen molar-refractivity contribution in [2.75, 3.05) is 7.05 Å². The molecule has 1 fully saturated rings. The molecule has 0 saturated heterocycles. The number of rotatable bonds is 5. The molecule has 0 heterocycles. The summed E-state index contributed by atoms with van der Waals surface area (Å²) in [7, 11) is 1.60. The summed E-state index contributed by atoms with van der Waals surface area (Å²) >= 11 is 0. The van der Waals surface area contributed by atoms with Crippen LogP contribution < -0.4 is 5.73 Å². The van der Waals surface area contributed by atoms with E-state index in [9.17, 15) is 13.6 Å². The lowest BCUT2D eigenvalue weighted by Crippen LogP contribution is -2.42. The van der Waals surface area contributed by atoms with Gasteiger partial charge in [0, 0.05) is 25.2 Å². The summed E-state index contributed by atoms with van der Waals surface area (Å²) in [5.74, 6) is -0.928. The fourth-order valence-corrected chi connectivity index (χ4v) is 3.15. The van der Waals surface area contributed by atoms with Crippen LogP contribution >= 0.6 is 0 Å². The molecule has 0 bridgehead atoms. The molecule has 0 aromatic heterocycles. The van der Waals surface area contributed by atoms with Gasteiger partial charge in [-0.2, -0.15) is 0 Å². The third-order valence-corrected chi connectivity index (χ3v) is 4.43. The van der Waals surface area contributed by atoms with Gasteiger partial charge in [-0.05, 0) is 18.4 Å². The van der Waals surface area contributed by atoms with Crippen molar-refractivity contribution in [1.29, 1.82) is 0 Å². The van der Waals surface area contributed by atoms with E-state index in [1.807, 2.05) is 0 Å². The molecular formula is C17H24F2N2O. The molecule has 1 unspecified atom stereocenters. The number of carbonyl (C=O) groups is 1. The molecular weight excluding hydrogens is 286 g/mol. The number of benzene rings is 1. The predicted molar refractivity (Wildman–Crippen MR) is 82.0 cm³/mol. The molecule has 1 saturated carbocycles. The van der Waals surface area contributed by atoms with Gasteiger partial charge < -0.3 is 10.6 Å².